The average molecular weight is 326 g/mol. The molecule has 21 heavy (non-hydrogen) atoms. The quantitative estimate of drug-likeness (QED) is 0.734. The fourth-order valence-electron chi connectivity index (χ4n) is 2.47. The van der Waals surface area contributed by atoms with E-state index in [-0.39, 0.29) is 6.04 Å². The lowest BCUT2D eigenvalue weighted by molar-refractivity contribution is 0.481. The second kappa shape index (κ2) is 7.88. The Labute approximate surface area is 136 Å². The minimum Gasteiger partial charge on any atom is -0.469 e. The van der Waals surface area contributed by atoms with E-state index in [0.29, 0.717) is 10.0 Å². The molecule has 1 atom stereocenters. The van der Waals surface area contributed by atoms with Gasteiger partial charge in [0.25, 0.3) is 0 Å². The van der Waals surface area contributed by atoms with E-state index in [2.05, 4.69) is 25.2 Å². The summed E-state index contributed by atoms with van der Waals surface area (Å²) in [6.45, 7) is 5.23. The van der Waals surface area contributed by atoms with Gasteiger partial charge in [-0.25, -0.2) is 0 Å². The fourth-order valence-corrected chi connectivity index (χ4v) is 2.95. The first kappa shape index (κ1) is 16.4. The predicted molar refractivity (Wildman–Crippen MR) is 89.3 cm³/mol. The van der Waals surface area contributed by atoms with Crippen LogP contribution in [0, 0.1) is 0 Å². The van der Waals surface area contributed by atoms with E-state index in [9.17, 15) is 0 Å². The van der Waals surface area contributed by atoms with Gasteiger partial charge in [0, 0.05) is 28.1 Å². The molecule has 0 amide bonds. The lowest BCUT2D eigenvalue weighted by Gasteiger charge is -2.19. The van der Waals surface area contributed by atoms with Gasteiger partial charge in [-0.2, -0.15) is 0 Å². The minimum atomic E-state index is 0.206. The summed E-state index contributed by atoms with van der Waals surface area (Å²) in [7, 11) is 0. The predicted octanol–water partition coefficient (Wildman–Crippen LogP) is 5.43. The summed E-state index contributed by atoms with van der Waals surface area (Å²) in [6, 6.07) is 7.94. The number of furan rings is 1. The molecule has 0 saturated heterocycles. The molecule has 114 valence electrons. The van der Waals surface area contributed by atoms with E-state index in [4.69, 9.17) is 27.6 Å². The summed E-state index contributed by atoms with van der Waals surface area (Å²) >= 11 is 12.3. The Kier molecular flexibility index (Phi) is 6.16. The molecule has 0 saturated carbocycles. The summed E-state index contributed by atoms with van der Waals surface area (Å²) in [4.78, 5) is 0. The van der Waals surface area contributed by atoms with Crippen molar-refractivity contribution in [2.24, 2.45) is 0 Å². The van der Waals surface area contributed by atoms with Crippen molar-refractivity contribution in [3.63, 3.8) is 0 Å². The van der Waals surface area contributed by atoms with E-state index in [1.165, 1.54) is 5.56 Å². The monoisotopic (exact) mass is 325 g/mol. The molecular formula is C17H21Cl2NO. The normalized spacial score (nSPS) is 12.6. The van der Waals surface area contributed by atoms with Gasteiger partial charge in [0.2, 0.25) is 0 Å². The first-order chi connectivity index (χ1) is 10.2. The van der Waals surface area contributed by atoms with Gasteiger partial charge in [0.1, 0.15) is 5.76 Å². The van der Waals surface area contributed by atoms with Gasteiger partial charge in [0.15, 0.2) is 0 Å². The van der Waals surface area contributed by atoms with Crippen LogP contribution in [-0.4, -0.2) is 6.54 Å². The molecule has 2 nitrogen and oxygen atoms in total. The number of hydrogen-bond donors (Lipinski definition) is 1. The van der Waals surface area contributed by atoms with Crippen LogP contribution in [0.25, 0.3) is 0 Å². The maximum Gasteiger partial charge on any atom is 0.108 e. The van der Waals surface area contributed by atoms with Crippen molar-refractivity contribution in [2.45, 2.75) is 39.2 Å². The van der Waals surface area contributed by atoms with Gasteiger partial charge in [-0.15, -0.1) is 0 Å². The highest BCUT2D eigenvalue weighted by atomic mass is 35.5. The Morgan fingerprint density at radius 1 is 1.19 bits per heavy atom. The number of rotatable bonds is 7. The van der Waals surface area contributed by atoms with Crippen molar-refractivity contribution in [1.82, 2.24) is 5.32 Å². The van der Waals surface area contributed by atoms with E-state index < -0.39 is 0 Å². The average Bonchev–Trinajstić information content (AvgIpc) is 2.94. The first-order valence-electron chi connectivity index (χ1n) is 7.39. The Bertz CT molecular complexity index is 580. The van der Waals surface area contributed by atoms with Gasteiger partial charge >= 0.3 is 0 Å². The minimum absolute atomic E-state index is 0.206. The fraction of sp³-hybridized carbons (Fsp3) is 0.412. The van der Waals surface area contributed by atoms with Gasteiger partial charge in [-0.1, -0.05) is 43.1 Å². The van der Waals surface area contributed by atoms with Crippen molar-refractivity contribution in [2.75, 3.05) is 6.54 Å². The molecule has 0 aliphatic heterocycles. The van der Waals surface area contributed by atoms with Crippen molar-refractivity contribution in [3.05, 3.63) is 57.5 Å². The highest BCUT2D eigenvalue weighted by Crippen LogP contribution is 2.28. The number of aryl methyl sites for hydroxylation is 1. The standard InChI is InChI=1S/C17H21Cl2NO/c1-3-8-20-16(14-7-9-21-17(14)4-2)10-12-5-6-13(18)11-15(12)19/h5-7,9,11,16,20H,3-4,8,10H2,1-2H3. The van der Waals surface area contributed by atoms with Crippen LogP contribution in [0.3, 0.4) is 0 Å². The SMILES string of the molecule is CCCNC(Cc1ccc(Cl)cc1Cl)c1ccoc1CC. The molecule has 1 aromatic carbocycles. The van der Waals surface area contributed by atoms with Crippen LogP contribution in [0.2, 0.25) is 10.0 Å². The molecule has 0 radical (unpaired) electrons. The van der Waals surface area contributed by atoms with Crippen LogP contribution in [-0.2, 0) is 12.8 Å². The van der Waals surface area contributed by atoms with Crippen molar-refractivity contribution in [3.8, 4) is 0 Å². The summed E-state index contributed by atoms with van der Waals surface area (Å²) in [5.41, 5.74) is 2.31. The van der Waals surface area contributed by atoms with Gasteiger partial charge in [0.05, 0.1) is 6.26 Å². The van der Waals surface area contributed by atoms with E-state index in [0.717, 1.165) is 37.1 Å². The van der Waals surface area contributed by atoms with E-state index in [1.807, 2.05) is 12.1 Å². The molecule has 1 aromatic heterocycles. The number of hydrogen-bond acceptors (Lipinski definition) is 2. The van der Waals surface area contributed by atoms with Crippen LogP contribution in [0.5, 0.6) is 0 Å². The summed E-state index contributed by atoms with van der Waals surface area (Å²) in [5, 5.41) is 4.97. The molecule has 0 bridgehead atoms. The highest BCUT2D eigenvalue weighted by molar-refractivity contribution is 6.35. The molecule has 2 aromatic rings. The molecule has 0 fully saturated rings. The van der Waals surface area contributed by atoms with Crippen molar-refractivity contribution >= 4 is 23.2 Å². The number of benzene rings is 1. The molecule has 2 rings (SSSR count). The third kappa shape index (κ3) is 4.26. The maximum atomic E-state index is 6.31. The molecule has 0 aliphatic rings. The Morgan fingerprint density at radius 2 is 2.00 bits per heavy atom. The topological polar surface area (TPSA) is 25.2 Å². The number of halogens is 2. The molecule has 0 aliphatic carbocycles. The Morgan fingerprint density at radius 3 is 2.67 bits per heavy atom. The summed E-state index contributed by atoms with van der Waals surface area (Å²) < 4.78 is 5.57. The molecule has 1 unspecified atom stereocenters. The number of nitrogens with one attached hydrogen (secondary N) is 1. The largest absolute Gasteiger partial charge is 0.469 e. The van der Waals surface area contributed by atoms with E-state index >= 15 is 0 Å². The molecule has 0 spiro atoms. The van der Waals surface area contributed by atoms with Crippen LogP contribution >= 0.6 is 23.2 Å². The van der Waals surface area contributed by atoms with Crippen LogP contribution in [0.1, 0.15) is 43.2 Å². The zero-order valence-corrected chi connectivity index (χ0v) is 14.0. The molecule has 4 heteroatoms. The van der Waals surface area contributed by atoms with Gasteiger partial charge in [-0.3, -0.25) is 0 Å². The Balaban J connectivity index is 2.24. The third-order valence-corrected chi connectivity index (χ3v) is 4.14. The maximum absolute atomic E-state index is 6.31. The van der Waals surface area contributed by atoms with Crippen LogP contribution in [0.4, 0.5) is 0 Å². The first-order valence-corrected chi connectivity index (χ1v) is 8.14. The summed E-state index contributed by atoms with van der Waals surface area (Å²) in [5.74, 6) is 1.04. The second-order valence-electron chi connectivity index (χ2n) is 5.10. The third-order valence-electron chi connectivity index (χ3n) is 3.56. The summed E-state index contributed by atoms with van der Waals surface area (Å²) in [6.07, 6.45) is 4.56. The zero-order valence-electron chi connectivity index (χ0n) is 12.5. The van der Waals surface area contributed by atoms with Gasteiger partial charge in [-0.05, 0) is 43.1 Å². The molecule has 1 heterocycles. The molecular weight excluding hydrogens is 305 g/mol. The highest BCUT2D eigenvalue weighted by Gasteiger charge is 2.18. The van der Waals surface area contributed by atoms with Crippen LogP contribution < -0.4 is 5.32 Å². The Hall–Kier alpha value is -0.960. The van der Waals surface area contributed by atoms with Gasteiger partial charge < -0.3 is 9.73 Å². The van der Waals surface area contributed by atoms with Crippen molar-refractivity contribution in [1.29, 1.82) is 0 Å². The lowest BCUT2D eigenvalue weighted by Crippen LogP contribution is -2.24. The van der Waals surface area contributed by atoms with E-state index in [1.54, 1.807) is 12.3 Å². The second-order valence-corrected chi connectivity index (χ2v) is 5.94. The smallest absolute Gasteiger partial charge is 0.108 e. The van der Waals surface area contributed by atoms with Crippen molar-refractivity contribution < 1.29 is 4.42 Å². The molecule has 1 N–H and O–H groups in total. The zero-order chi connectivity index (χ0) is 15.2. The lowest BCUT2D eigenvalue weighted by atomic mass is 9.98. The van der Waals surface area contributed by atoms with Crippen LogP contribution in [0.15, 0.2) is 34.9 Å².